The molecule has 1 atom stereocenters. The topological polar surface area (TPSA) is 24.7 Å². The van der Waals surface area contributed by atoms with E-state index in [0.29, 0.717) is 0 Å². The molecule has 0 radical (unpaired) electrons. The fraction of sp³-hybridized carbons (Fsp3) is 0.286. The lowest BCUT2D eigenvalue weighted by Gasteiger charge is -2.22. The highest BCUT2D eigenvalue weighted by molar-refractivity contribution is 5.98. The molecule has 0 unspecified atom stereocenters. The highest BCUT2D eigenvalue weighted by Gasteiger charge is 2.27. The van der Waals surface area contributed by atoms with Crippen molar-refractivity contribution in [2.75, 3.05) is 0 Å². The molecule has 0 aromatic heterocycles. The standard InChI is InChI=1S/C14H16N2/c1-11-7-5-4-6-8-14(11)10-15-12(2)9-13(3)16-14/h4-10H,1-3H3/t14-/m0/s1. The molecule has 1 heterocycles. The summed E-state index contributed by atoms with van der Waals surface area (Å²) in [4.78, 5) is 9.20. The summed E-state index contributed by atoms with van der Waals surface area (Å²) in [6.07, 6.45) is 14.2. The van der Waals surface area contributed by atoms with E-state index in [1.165, 1.54) is 5.57 Å². The van der Waals surface area contributed by atoms with E-state index in [0.717, 1.165) is 11.4 Å². The van der Waals surface area contributed by atoms with Gasteiger partial charge in [-0.1, -0.05) is 24.3 Å². The average Bonchev–Trinajstić information content (AvgIpc) is 2.48. The van der Waals surface area contributed by atoms with Crippen LogP contribution in [0.5, 0.6) is 0 Å². The summed E-state index contributed by atoms with van der Waals surface area (Å²) in [6.45, 7) is 6.09. The maximum absolute atomic E-state index is 4.75. The Morgan fingerprint density at radius 2 is 1.88 bits per heavy atom. The second-order valence-corrected chi connectivity index (χ2v) is 4.22. The summed E-state index contributed by atoms with van der Waals surface area (Å²) >= 11 is 0. The molecular weight excluding hydrogens is 196 g/mol. The SMILES string of the molecule is CC1=CC(C)=N[C@@]2(C=CC=CC=C2C)C=N1. The van der Waals surface area contributed by atoms with E-state index < -0.39 is 5.54 Å². The van der Waals surface area contributed by atoms with Crippen LogP contribution in [0.4, 0.5) is 0 Å². The molecule has 82 valence electrons. The monoisotopic (exact) mass is 212 g/mol. The van der Waals surface area contributed by atoms with Crippen LogP contribution < -0.4 is 0 Å². The predicted molar refractivity (Wildman–Crippen MR) is 70.1 cm³/mol. The Bertz CT molecular complexity index is 473. The summed E-state index contributed by atoms with van der Waals surface area (Å²) in [5.41, 5.74) is 2.79. The molecule has 2 aliphatic rings. The first-order chi connectivity index (χ1) is 7.62. The second-order valence-electron chi connectivity index (χ2n) is 4.22. The van der Waals surface area contributed by atoms with Crippen molar-refractivity contribution in [1.82, 2.24) is 0 Å². The van der Waals surface area contributed by atoms with E-state index in [-0.39, 0.29) is 0 Å². The van der Waals surface area contributed by atoms with Crippen molar-refractivity contribution in [3.63, 3.8) is 0 Å². The van der Waals surface area contributed by atoms with Gasteiger partial charge < -0.3 is 0 Å². The molecule has 1 aliphatic carbocycles. The van der Waals surface area contributed by atoms with Gasteiger partial charge in [-0.15, -0.1) is 0 Å². The lowest BCUT2D eigenvalue weighted by atomic mass is 9.92. The Morgan fingerprint density at radius 1 is 1.06 bits per heavy atom. The number of rotatable bonds is 0. The number of hydrogen-bond donors (Lipinski definition) is 0. The molecule has 0 saturated heterocycles. The van der Waals surface area contributed by atoms with Crippen LogP contribution in [0, 0.1) is 0 Å². The van der Waals surface area contributed by atoms with Gasteiger partial charge in [0.1, 0.15) is 5.54 Å². The molecule has 0 aromatic carbocycles. The van der Waals surface area contributed by atoms with Crippen LogP contribution in [0.2, 0.25) is 0 Å². The minimum absolute atomic E-state index is 0.401. The van der Waals surface area contributed by atoms with Gasteiger partial charge in [0.15, 0.2) is 0 Å². The molecule has 2 heteroatoms. The molecule has 0 bridgehead atoms. The largest absolute Gasteiger partial charge is 0.269 e. The Morgan fingerprint density at radius 3 is 2.69 bits per heavy atom. The first kappa shape index (κ1) is 10.8. The molecular formula is C14H16N2. The Kier molecular flexibility index (Phi) is 2.73. The molecule has 16 heavy (non-hydrogen) atoms. The van der Waals surface area contributed by atoms with E-state index in [4.69, 9.17) is 4.99 Å². The van der Waals surface area contributed by atoms with Gasteiger partial charge in [-0.2, -0.15) is 0 Å². The van der Waals surface area contributed by atoms with Crippen molar-refractivity contribution >= 4 is 11.9 Å². The molecule has 0 aromatic rings. The summed E-state index contributed by atoms with van der Waals surface area (Å²) in [5.74, 6) is 0. The molecule has 0 amide bonds. The van der Waals surface area contributed by atoms with Crippen molar-refractivity contribution in [3.05, 3.63) is 47.7 Å². The van der Waals surface area contributed by atoms with Gasteiger partial charge in [-0.25, -0.2) is 0 Å². The number of allylic oxidation sites excluding steroid dienone is 6. The zero-order valence-corrected chi connectivity index (χ0v) is 9.94. The van der Waals surface area contributed by atoms with E-state index >= 15 is 0 Å². The third-order valence-electron chi connectivity index (χ3n) is 2.79. The summed E-state index contributed by atoms with van der Waals surface area (Å²) in [7, 11) is 0. The van der Waals surface area contributed by atoms with Crippen LogP contribution >= 0.6 is 0 Å². The zero-order valence-electron chi connectivity index (χ0n) is 9.94. The lowest BCUT2D eigenvalue weighted by molar-refractivity contribution is 0.834. The molecule has 0 saturated carbocycles. The Labute approximate surface area is 96.5 Å². The summed E-state index contributed by atoms with van der Waals surface area (Å²) in [5, 5.41) is 0. The Hall–Kier alpha value is -1.70. The van der Waals surface area contributed by atoms with Gasteiger partial charge in [0.2, 0.25) is 0 Å². The third-order valence-corrected chi connectivity index (χ3v) is 2.79. The van der Waals surface area contributed by atoms with Gasteiger partial charge in [0.25, 0.3) is 0 Å². The quantitative estimate of drug-likeness (QED) is 0.589. The highest BCUT2D eigenvalue weighted by Crippen LogP contribution is 2.26. The average molecular weight is 212 g/mol. The first-order valence-corrected chi connectivity index (χ1v) is 5.46. The molecule has 2 rings (SSSR count). The molecule has 0 fully saturated rings. The minimum atomic E-state index is -0.401. The van der Waals surface area contributed by atoms with Gasteiger partial charge in [-0.3, -0.25) is 9.98 Å². The van der Waals surface area contributed by atoms with Crippen molar-refractivity contribution in [1.29, 1.82) is 0 Å². The van der Waals surface area contributed by atoms with Gasteiger partial charge in [0, 0.05) is 17.6 Å². The van der Waals surface area contributed by atoms with Crippen LogP contribution in [0.3, 0.4) is 0 Å². The summed E-state index contributed by atoms with van der Waals surface area (Å²) in [6, 6.07) is 0. The third kappa shape index (κ3) is 1.96. The van der Waals surface area contributed by atoms with Gasteiger partial charge in [0.05, 0.1) is 0 Å². The van der Waals surface area contributed by atoms with Gasteiger partial charge >= 0.3 is 0 Å². The van der Waals surface area contributed by atoms with E-state index in [9.17, 15) is 0 Å². The maximum atomic E-state index is 4.75. The Balaban J connectivity index is 2.55. The zero-order chi connectivity index (χ0) is 11.6. The van der Waals surface area contributed by atoms with Crippen molar-refractivity contribution in [2.45, 2.75) is 26.3 Å². The van der Waals surface area contributed by atoms with Crippen LogP contribution in [0.15, 0.2) is 57.7 Å². The predicted octanol–water partition coefficient (Wildman–Crippen LogP) is 3.25. The second kappa shape index (κ2) is 4.05. The number of hydrogen-bond acceptors (Lipinski definition) is 2. The van der Waals surface area contributed by atoms with Crippen molar-refractivity contribution < 1.29 is 0 Å². The molecule has 2 nitrogen and oxygen atoms in total. The maximum Gasteiger partial charge on any atom is 0.135 e. The van der Waals surface area contributed by atoms with Crippen LogP contribution in [0.25, 0.3) is 0 Å². The fourth-order valence-electron chi connectivity index (χ4n) is 1.89. The van der Waals surface area contributed by atoms with E-state index in [2.05, 4.69) is 24.1 Å². The van der Waals surface area contributed by atoms with Crippen LogP contribution in [-0.2, 0) is 0 Å². The summed E-state index contributed by atoms with van der Waals surface area (Å²) < 4.78 is 0. The number of aliphatic imine (C=N–C) groups is 2. The smallest absolute Gasteiger partial charge is 0.135 e. The van der Waals surface area contributed by atoms with Crippen molar-refractivity contribution in [2.24, 2.45) is 9.98 Å². The number of nitrogens with zero attached hydrogens (tertiary/aromatic N) is 2. The van der Waals surface area contributed by atoms with Crippen LogP contribution in [0.1, 0.15) is 20.8 Å². The highest BCUT2D eigenvalue weighted by atomic mass is 14.9. The minimum Gasteiger partial charge on any atom is -0.269 e. The van der Waals surface area contributed by atoms with Gasteiger partial charge in [-0.05, 0) is 38.5 Å². The van der Waals surface area contributed by atoms with Crippen LogP contribution in [-0.4, -0.2) is 17.5 Å². The lowest BCUT2D eigenvalue weighted by Crippen LogP contribution is -2.27. The molecule has 1 aliphatic heterocycles. The molecule has 0 N–H and O–H groups in total. The fourth-order valence-corrected chi connectivity index (χ4v) is 1.89. The van der Waals surface area contributed by atoms with E-state index in [1.54, 1.807) is 0 Å². The van der Waals surface area contributed by atoms with Crippen molar-refractivity contribution in [3.8, 4) is 0 Å². The first-order valence-electron chi connectivity index (χ1n) is 5.46. The normalized spacial score (nSPS) is 28.3. The molecule has 1 spiro atoms. The van der Waals surface area contributed by atoms with E-state index in [1.807, 2.05) is 44.4 Å².